The number of ether oxygens (including phenoxy) is 1. The number of benzene rings is 1. The first-order valence-electron chi connectivity index (χ1n) is 5.47. The molecular weight excluding hydrogens is 202 g/mol. The molecule has 0 aliphatic carbocycles. The first-order chi connectivity index (χ1) is 7.61. The molecule has 1 heterocycles. The van der Waals surface area contributed by atoms with Gasteiger partial charge >= 0.3 is 0 Å². The Bertz CT molecular complexity index is 373. The molecule has 0 saturated carbocycles. The third-order valence-electron chi connectivity index (χ3n) is 2.86. The van der Waals surface area contributed by atoms with E-state index in [-0.39, 0.29) is 11.4 Å². The predicted octanol–water partition coefficient (Wildman–Crippen LogP) is 1.74. The summed E-state index contributed by atoms with van der Waals surface area (Å²) in [6.07, 6.45) is 0. The van der Waals surface area contributed by atoms with Crippen LogP contribution in [0.5, 0.6) is 0 Å². The van der Waals surface area contributed by atoms with Gasteiger partial charge in [0.15, 0.2) is 0 Å². The number of carbonyl (C=O) groups excluding carboxylic acids is 1. The van der Waals surface area contributed by atoms with Gasteiger partial charge in [-0.15, -0.1) is 0 Å². The Morgan fingerprint density at radius 2 is 2.12 bits per heavy atom. The summed E-state index contributed by atoms with van der Waals surface area (Å²) < 4.78 is 5.40. The lowest BCUT2D eigenvalue weighted by Gasteiger charge is -2.42. The minimum atomic E-state index is -0.227. The number of amides is 1. The second-order valence-corrected chi connectivity index (χ2v) is 4.61. The zero-order valence-corrected chi connectivity index (χ0v) is 9.69. The lowest BCUT2D eigenvalue weighted by molar-refractivity contribution is -0.0370. The fraction of sp³-hybridized carbons (Fsp3) is 0.462. The van der Waals surface area contributed by atoms with E-state index in [2.05, 4.69) is 6.07 Å². The molecule has 85 valence electrons. The van der Waals surface area contributed by atoms with E-state index in [4.69, 9.17) is 4.74 Å². The molecular formula is C13H16NO2. The van der Waals surface area contributed by atoms with Gasteiger partial charge in [0.2, 0.25) is 0 Å². The quantitative estimate of drug-likeness (QED) is 0.718. The molecule has 0 atom stereocenters. The van der Waals surface area contributed by atoms with Crippen molar-refractivity contribution in [1.82, 2.24) is 4.90 Å². The largest absolute Gasteiger partial charge is 0.377 e. The van der Waals surface area contributed by atoms with E-state index < -0.39 is 0 Å². The Morgan fingerprint density at radius 3 is 2.75 bits per heavy atom. The molecule has 3 nitrogen and oxygen atoms in total. The first kappa shape index (κ1) is 11.1. The monoisotopic (exact) mass is 218 g/mol. The van der Waals surface area contributed by atoms with E-state index in [0.29, 0.717) is 25.3 Å². The van der Waals surface area contributed by atoms with Crippen molar-refractivity contribution in [1.29, 1.82) is 0 Å². The molecule has 1 aromatic rings. The van der Waals surface area contributed by atoms with Crippen molar-refractivity contribution < 1.29 is 9.53 Å². The number of hydrogen-bond donors (Lipinski definition) is 0. The summed E-state index contributed by atoms with van der Waals surface area (Å²) in [5.41, 5.74) is 0.489. The minimum Gasteiger partial charge on any atom is -0.377 e. The summed E-state index contributed by atoms with van der Waals surface area (Å²) in [6, 6.07) is 10.0. The van der Waals surface area contributed by atoms with Crippen molar-refractivity contribution in [2.45, 2.75) is 19.4 Å². The highest BCUT2D eigenvalue weighted by molar-refractivity contribution is 5.94. The van der Waals surface area contributed by atoms with E-state index >= 15 is 0 Å². The van der Waals surface area contributed by atoms with Gasteiger partial charge in [0.05, 0.1) is 18.8 Å². The van der Waals surface area contributed by atoms with Crippen LogP contribution in [0.25, 0.3) is 0 Å². The number of morpholine rings is 1. The van der Waals surface area contributed by atoms with Crippen molar-refractivity contribution >= 4 is 5.91 Å². The van der Waals surface area contributed by atoms with Gasteiger partial charge in [-0.3, -0.25) is 4.79 Å². The Balaban J connectivity index is 2.21. The van der Waals surface area contributed by atoms with Crippen LogP contribution in [0.1, 0.15) is 24.2 Å². The molecule has 0 N–H and O–H groups in total. The predicted molar refractivity (Wildman–Crippen MR) is 61.2 cm³/mol. The van der Waals surface area contributed by atoms with Crippen LogP contribution in [-0.2, 0) is 4.74 Å². The normalized spacial score (nSPS) is 19.5. The van der Waals surface area contributed by atoms with Gasteiger partial charge in [0.1, 0.15) is 0 Å². The number of rotatable bonds is 1. The van der Waals surface area contributed by atoms with Crippen LogP contribution in [0.2, 0.25) is 0 Å². The lowest BCUT2D eigenvalue weighted by Crippen LogP contribution is -2.55. The Hall–Kier alpha value is -1.35. The molecule has 16 heavy (non-hydrogen) atoms. The van der Waals surface area contributed by atoms with Crippen LogP contribution in [0.4, 0.5) is 0 Å². The summed E-state index contributed by atoms with van der Waals surface area (Å²) in [6.45, 7) is 5.93. The summed E-state index contributed by atoms with van der Waals surface area (Å²) in [5, 5.41) is 0. The van der Waals surface area contributed by atoms with Crippen LogP contribution in [-0.4, -0.2) is 36.1 Å². The summed E-state index contributed by atoms with van der Waals surface area (Å²) in [7, 11) is 0. The van der Waals surface area contributed by atoms with Crippen molar-refractivity contribution in [3.8, 4) is 0 Å². The van der Waals surface area contributed by atoms with E-state index in [9.17, 15) is 4.79 Å². The second-order valence-electron chi connectivity index (χ2n) is 4.61. The maximum Gasteiger partial charge on any atom is 0.254 e. The van der Waals surface area contributed by atoms with Gasteiger partial charge in [-0.25, -0.2) is 0 Å². The Morgan fingerprint density at radius 1 is 1.44 bits per heavy atom. The van der Waals surface area contributed by atoms with Gasteiger partial charge in [-0.2, -0.15) is 0 Å². The SMILES string of the molecule is CC1(C)COCCN1C(=O)c1cc[c]cc1. The first-order valence-corrected chi connectivity index (χ1v) is 5.47. The summed E-state index contributed by atoms with van der Waals surface area (Å²) >= 11 is 0. The highest BCUT2D eigenvalue weighted by Crippen LogP contribution is 2.21. The van der Waals surface area contributed by atoms with Gasteiger partial charge in [0.25, 0.3) is 5.91 Å². The highest BCUT2D eigenvalue weighted by atomic mass is 16.5. The molecule has 0 bridgehead atoms. The van der Waals surface area contributed by atoms with Crippen LogP contribution < -0.4 is 0 Å². The van der Waals surface area contributed by atoms with Crippen molar-refractivity contribution in [2.24, 2.45) is 0 Å². The van der Waals surface area contributed by atoms with Crippen LogP contribution in [0, 0.1) is 6.07 Å². The third kappa shape index (κ3) is 2.09. The fourth-order valence-electron chi connectivity index (χ4n) is 1.92. The van der Waals surface area contributed by atoms with Crippen molar-refractivity contribution in [3.05, 3.63) is 35.9 Å². The molecule has 0 aromatic heterocycles. The molecule has 1 aromatic carbocycles. The number of hydrogen-bond acceptors (Lipinski definition) is 2. The average Bonchev–Trinajstić information content (AvgIpc) is 2.29. The third-order valence-corrected chi connectivity index (χ3v) is 2.86. The molecule has 1 radical (unpaired) electrons. The topological polar surface area (TPSA) is 29.5 Å². The van der Waals surface area contributed by atoms with Crippen molar-refractivity contribution in [2.75, 3.05) is 19.8 Å². The van der Waals surface area contributed by atoms with E-state index in [1.165, 1.54) is 0 Å². The zero-order chi connectivity index (χ0) is 11.6. The molecule has 0 unspecified atom stereocenters. The molecule has 1 saturated heterocycles. The Kier molecular flexibility index (Phi) is 2.97. The summed E-state index contributed by atoms with van der Waals surface area (Å²) in [5.74, 6) is 0.0716. The molecule has 1 aliphatic heterocycles. The smallest absolute Gasteiger partial charge is 0.254 e. The van der Waals surface area contributed by atoms with E-state index in [0.717, 1.165) is 0 Å². The molecule has 1 fully saturated rings. The molecule has 1 aliphatic rings. The van der Waals surface area contributed by atoms with E-state index in [1.807, 2.05) is 18.7 Å². The van der Waals surface area contributed by atoms with Gasteiger partial charge in [0, 0.05) is 12.1 Å². The molecule has 3 heteroatoms. The van der Waals surface area contributed by atoms with Crippen LogP contribution in [0.3, 0.4) is 0 Å². The fourth-order valence-corrected chi connectivity index (χ4v) is 1.92. The molecule has 0 spiro atoms. The van der Waals surface area contributed by atoms with Gasteiger partial charge in [-0.1, -0.05) is 12.1 Å². The molecule has 2 rings (SSSR count). The zero-order valence-electron chi connectivity index (χ0n) is 9.69. The maximum atomic E-state index is 12.3. The minimum absolute atomic E-state index is 0.0716. The van der Waals surface area contributed by atoms with Crippen molar-refractivity contribution in [3.63, 3.8) is 0 Å². The average molecular weight is 218 g/mol. The van der Waals surface area contributed by atoms with E-state index in [1.54, 1.807) is 24.3 Å². The maximum absolute atomic E-state index is 12.3. The molecule has 1 amide bonds. The Labute approximate surface area is 96.0 Å². The van der Waals surface area contributed by atoms with Crippen LogP contribution >= 0.6 is 0 Å². The number of carbonyl (C=O) groups is 1. The lowest BCUT2D eigenvalue weighted by atomic mass is 10.0. The van der Waals surface area contributed by atoms with Crippen LogP contribution in [0.15, 0.2) is 24.3 Å². The number of nitrogens with zero attached hydrogens (tertiary/aromatic N) is 1. The second kappa shape index (κ2) is 4.26. The summed E-state index contributed by atoms with van der Waals surface area (Å²) in [4.78, 5) is 14.2. The van der Waals surface area contributed by atoms with Gasteiger partial charge < -0.3 is 9.64 Å². The van der Waals surface area contributed by atoms with Gasteiger partial charge in [-0.05, 0) is 32.0 Å². The highest BCUT2D eigenvalue weighted by Gasteiger charge is 2.34. The standard InChI is InChI=1S/C13H16NO2/c1-13(2)10-16-9-8-14(13)12(15)11-6-4-3-5-7-11/h4-7H,8-10H2,1-2H3.